The molecule has 2 heterocycles. The molecule has 0 radical (unpaired) electrons. The number of rotatable bonds is 8. The van der Waals surface area contributed by atoms with Crippen LogP contribution in [0.25, 0.3) is 10.6 Å². The van der Waals surface area contributed by atoms with Gasteiger partial charge in [0, 0.05) is 6.20 Å². The van der Waals surface area contributed by atoms with Gasteiger partial charge in [0.25, 0.3) is 0 Å². The van der Waals surface area contributed by atoms with E-state index in [9.17, 15) is 9.90 Å². The van der Waals surface area contributed by atoms with Crippen LogP contribution in [0.4, 0.5) is 0 Å². The molecule has 2 unspecified atom stereocenters. The fraction of sp³-hybridized carbons (Fsp3) is 0.238. The number of hydrogen-bond donors (Lipinski definition) is 2. The Kier molecular flexibility index (Phi) is 8.13. The van der Waals surface area contributed by atoms with Crippen molar-refractivity contribution < 1.29 is 27.6 Å². The van der Waals surface area contributed by atoms with Crippen LogP contribution in [-0.2, 0) is 0 Å². The molecular formula is C21H23ClN2O2S. The minimum Gasteiger partial charge on any atom is -1.00 e. The van der Waals surface area contributed by atoms with Gasteiger partial charge in [-0.3, -0.25) is 9.78 Å². The van der Waals surface area contributed by atoms with Crippen molar-refractivity contribution >= 4 is 17.1 Å². The van der Waals surface area contributed by atoms with Gasteiger partial charge in [0.15, 0.2) is 5.78 Å². The van der Waals surface area contributed by atoms with Crippen LogP contribution in [0.3, 0.4) is 0 Å². The number of aliphatic hydroxyl groups is 1. The molecule has 4 nitrogen and oxygen atoms in total. The van der Waals surface area contributed by atoms with Crippen LogP contribution in [0.1, 0.15) is 34.7 Å². The Morgan fingerprint density at radius 2 is 1.85 bits per heavy atom. The number of hydrogen-bond acceptors (Lipinski definition) is 4. The Balaban J connectivity index is 0.00000261. The number of carbonyl (C=O) groups is 1. The SMILES string of the molecule is CC([NH2+]CCC(=O)c1ccc(-c2ccccn2)s1)C(O)c1ccccc1.[Cl-]. The molecule has 0 bridgehead atoms. The van der Waals surface area contributed by atoms with Crippen LogP contribution in [0.2, 0.25) is 0 Å². The lowest BCUT2D eigenvalue weighted by atomic mass is 10.0. The highest BCUT2D eigenvalue weighted by atomic mass is 35.5. The van der Waals surface area contributed by atoms with Crippen molar-refractivity contribution in [1.29, 1.82) is 0 Å². The summed E-state index contributed by atoms with van der Waals surface area (Å²) in [5, 5.41) is 12.4. The summed E-state index contributed by atoms with van der Waals surface area (Å²) in [6, 6.07) is 19.2. The van der Waals surface area contributed by atoms with Crippen LogP contribution in [0.15, 0.2) is 66.9 Å². The van der Waals surface area contributed by atoms with Crippen LogP contribution < -0.4 is 17.7 Å². The Labute approximate surface area is 169 Å². The standard InChI is InChI=1S/C21H22N2O2S.ClH/c1-15(21(25)16-7-3-2-4-8-16)22-14-12-18(24)20-11-10-19(26-20)17-9-5-6-13-23-17;/h2-11,13,15,21-22,25H,12,14H2,1H3;1H. The van der Waals surface area contributed by atoms with E-state index in [1.54, 1.807) is 6.20 Å². The Morgan fingerprint density at radius 1 is 1.11 bits per heavy atom. The van der Waals surface area contributed by atoms with E-state index in [0.29, 0.717) is 13.0 Å². The van der Waals surface area contributed by atoms with E-state index in [1.807, 2.05) is 72.9 Å². The van der Waals surface area contributed by atoms with E-state index in [1.165, 1.54) is 11.3 Å². The first-order valence-electron chi connectivity index (χ1n) is 8.76. The Morgan fingerprint density at radius 3 is 2.56 bits per heavy atom. The molecule has 6 heteroatoms. The summed E-state index contributed by atoms with van der Waals surface area (Å²) in [6.07, 6.45) is 1.67. The van der Waals surface area contributed by atoms with Crippen molar-refractivity contribution in [1.82, 2.24) is 4.98 Å². The number of pyridine rings is 1. The minimum absolute atomic E-state index is 0. The van der Waals surface area contributed by atoms with Crippen LogP contribution >= 0.6 is 11.3 Å². The summed E-state index contributed by atoms with van der Waals surface area (Å²) in [5.41, 5.74) is 1.79. The highest BCUT2D eigenvalue weighted by Gasteiger charge is 2.19. The molecule has 0 aliphatic rings. The Bertz CT molecular complexity index is 840. The van der Waals surface area contributed by atoms with Gasteiger partial charge >= 0.3 is 0 Å². The van der Waals surface area contributed by atoms with Crippen molar-refractivity contribution in [3.63, 3.8) is 0 Å². The lowest BCUT2D eigenvalue weighted by Gasteiger charge is -2.17. The van der Waals surface area contributed by atoms with Crippen LogP contribution in [0.5, 0.6) is 0 Å². The maximum absolute atomic E-state index is 12.4. The van der Waals surface area contributed by atoms with Crippen LogP contribution in [-0.4, -0.2) is 28.5 Å². The van der Waals surface area contributed by atoms with Gasteiger partial charge in [0.2, 0.25) is 0 Å². The first-order valence-corrected chi connectivity index (χ1v) is 9.57. The third kappa shape index (κ3) is 5.71. The second-order valence-corrected chi connectivity index (χ2v) is 7.37. The summed E-state index contributed by atoms with van der Waals surface area (Å²) in [7, 11) is 0. The minimum atomic E-state index is -0.538. The van der Waals surface area contributed by atoms with Gasteiger partial charge in [-0.25, -0.2) is 0 Å². The zero-order chi connectivity index (χ0) is 18.4. The van der Waals surface area contributed by atoms with Crippen LogP contribution in [0, 0.1) is 0 Å². The monoisotopic (exact) mass is 402 g/mol. The molecule has 142 valence electrons. The third-order valence-electron chi connectivity index (χ3n) is 4.35. The van der Waals surface area contributed by atoms with Gasteiger partial charge in [0.05, 0.1) is 28.4 Å². The first-order chi connectivity index (χ1) is 12.6. The highest BCUT2D eigenvalue weighted by Crippen LogP contribution is 2.26. The van der Waals surface area contributed by atoms with Gasteiger partial charge in [-0.2, -0.15) is 0 Å². The maximum atomic E-state index is 12.4. The molecule has 27 heavy (non-hydrogen) atoms. The number of thiophene rings is 1. The average Bonchev–Trinajstić information content (AvgIpc) is 3.19. The number of nitrogens with zero attached hydrogens (tertiary/aromatic N) is 1. The molecular weight excluding hydrogens is 380 g/mol. The van der Waals surface area contributed by atoms with Gasteiger partial charge < -0.3 is 22.8 Å². The number of aromatic nitrogens is 1. The molecule has 0 saturated heterocycles. The van der Waals surface area contributed by atoms with E-state index in [2.05, 4.69) is 4.98 Å². The number of aliphatic hydroxyl groups excluding tert-OH is 1. The van der Waals surface area contributed by atoms with Crippen molar-refractivity contribution in [3.05, 3.63) is 77.3 Å². The summed E-state index contributed by atoms with van der Waals surface area (Å²) < 4.78 is 0. The molecule has 3 rings (SSSR count). The second kappa shape index (κ2) is 10.3. The van der Waals surface area contributed by atoms with E-state index in [0.717, 1.165) is 21.0 Å². The zero-order valence-electron chi connectivity index (χ0n) is 15.1. The third-order valence-corrected chi connectivity index (χ3v) is 5.50. The van der Waals surface area contributed by atoms with Crippen molar-refractivity contribution in [2.24, 2.45) is 0 Å². The maximum Gasteiger partial charge on any atom is 0.178 e. The predicted octanol–water partition coefficient (Wildman–Crippen LogP) is 0.0724. The second-order valence-electron chi connectivity index (χ2n) is 6.29. The number of quaternary nitrogens is 1. The fourth-order valence-electron chi connectivity index (χ4n) is 2.82. The van der Waals surface area contributed by atoms with Crippen molar-refractivity contribution in [3.8, 4) is 10.6 Å². The first kappa shape index (κ1) is 21.3. The molecule has 0 amide bonds. The number of nitrogens with two attached hydrogens (primary N) is 1. The predicted molar refractivity (Wildman–Crippen MR) is 104 cm³/mol. The lowest BCUT2D eigenvalue weighted by Crippen LogP contribution is -3.00. The van der Waals surface area contributed by atoms with E-state index in [-0.39, 0.29) is 24.2 Å². The van der Waals surface area contributed by atoms with E-state index >= 15 is 0 Å². The largest absolute Gasteiger partial charge is 1.00 e. The lowest BCUT2D eigenvalue weighted by molar-refractivity contribution is -0.693. The number of ketones is 1. The molecule has 0 saturated carbocycles. The number of benzene rings is 1. The van der Waals surface area contributed by atoms with Gasteiger partial charge in [-0.15, -0.1) is 11.3 Å². The van der Waals surface area contributed by atoms with Gasteiger partial charge in [-0.1, -0.05) is 36.4 Å². The van der Waals surface area contributed by atoms with E-state index in [4.69, 9.17) is 0 Å². The van der Waals surface area contributed by atoms with E-state index < -0.39 is 6.10 Å². The molecule has 0 spiro atoms. The molecule has 0 aliphatic heterocycles. The number of Topliss-reactive ketones (excluding diaryl/α,β-unsaturated/α-hetero) is 1. The molecule has 1 aromatic carbocycles. The molecule has 3 aromatic rings. The van der Waals surface area contributed by atoms with Crippen molar-refractivity contribution in [2.75, 3.05) is 6.54 Å². The van der Waals surface area contributed by atoms with Gasteiger partial charge in [-0.05, 0) is 36.8 Å². The number of carbonyl (C=O) groups excluding carboxylic acids is 1. The normalized spacial score (nSPS) is 12.8. The quantitative estimate of drug-likeness (QED) is 0.524. The van der Waals surface area contributed by atoms with Crippen molar-refractivity contribution in [2.45, 2.75) is 25.5 Å². The molecule has 2 atom stereocenters. The molecule has 2 aromatic heterocycles. The summed E-state index contributed by atoms with van der Waals surface area (Å²) in [4.78, 5) is 18.5. The summed E-state index contributed by atoms with van der Waals surface area (Å²) in [5.74, 6) is 0.134. The fourth-order valence-corrected chi connectivity index (χ4v) is 3.77. The molecule has 3 N–H and O–H groups in total. The Hall–Kier alpha value is -2.05. The zero-order valence-corrected chi connectivity index (χ0v) is 16.7. The summed E-state index contributed by atoms with van der Waals surface area (Å²) in [6.45, 7) is 2.63. The van der Waals surface area contributed by atoms with Gasteiger partial charge in [0.1, 0.15) is 12.1 Å². The number of halogens is 1. The average molecular weight is 403 g/mol. The highest BCUT2D eigenvalue weighted by molar-refractivity contribution is 7.17. The topological polar surface area (TPSA) is 66.8 Å². The smallest absolute Gasteiger partial charge is 0.178 e. The molecule has 0 aliphatic carbocycles. The molecule has 0 fully saturated rings. The summed E-state index contributed by atoms with van der Waals surface area (Å²) >= 11 is 1.48.